The highest BCUT2D eigenvalue weighted by Crippen LogP contribution is 2.31. The molecule has 0 N–H and O–H groups in total. The maximum absolute atomic E-state index is 10.9. The number of hydrogen-bond donors (Lipinski definition) is 0. The maximum atomic E-state index is 10.9. The van der Waals surface area contributed by atoms with Gasteiger partial charge in [-0.1, -0.05) is 31.9 Å². The van der Waals surface area contributed by atoms with Gasteiger partial charge in [0.2, 0.25) is 0 Å². The van der Waals surface area contributed by atoms with Gasteiger partial charge < -0.3 is 4.74 Å². The Balaban J connectivity index is 2.32. The third-order valence-electron chi connectivity index (χ3n) is 2.76. The van der Waals surface area contributed by atoms with Crippen LogP contribution in [0.5, 0.6) is 11.5 Å². The molecule has 104 valence electrons. The molecule has 4 nitrogen and oxygen atoms in total. The number of alkyl halides is 1. The Morgan fingerprint density at radius 1 is 1.25 bits per heavy atom. The predicted octanol–water partition coefficient (Wildman–Crippen LogP) is 5.35. The Bertz CT molecular complexity index is 659. The SMILES string of the molecule is Cc1cc(Br)ccc1Oc1ccc([N+](=O)[O-])c(CBr)c1. The number of nitro groups is 1. The van der Waals surface area contributed by atoms with Gasteiger partial charge >= 0.3 is 0 Å². The van der Waals surface area contributed by atoms with Gasteiger partial charge in [0.25, 0.3) is 5.69 Å². The van der Waals surface area contributed by atoms with Crippen LogP contribution in [0, 0.1) is 17.0 Å². The van der Waals surface area contributed by atoms with Crippen molar-refractivity contribution in [3.05, 3.63) is 62.1 Å². The van der Waals surface area contributed by atoms with Crippen molar-refractivity contribution in [2.75, 3.05) is 0 Å². The van der Waals surface area contributed by atoms with E-state index in [1.165, 1.54) is 6.07 Å². The summed E-state index contributed by atoms with van der Waals surface area (Å²) in [6.45, 7) is 1.94. The number of nitrogens with zero attached hydrogens (tertiary/aromatic N) is 1. The molecule has 2 aromatic rings. The lowest BCUT2D eigenvalue weighted by molar-refractivity contribution is -0.385. The van der Waals surface area contributed by atoms with Crippen LogP contribution in [0.25, 0.3) is 0 Å². The van der Waals surface area contributed by atoms with Crippen molar-refractivity contribution in [3.8, 4) is 11.5 Å². The quantitative estimate of drug-likeness (QED) is 0.394. The number of nitro benzene ring substituents is 1. The summed E-state index contributed by atoms with van der Waals surface area (Å²) in [5.41, 5.74) is 1.65. The van der Waals surface area contributed by atoms with Gasteiger partial charge in [-0.25, -0.2) is 0 Å². The molecule has 6 heteroatoms. The number of aryl methyl sites for hydroxylation is 1. The summed E-state index contributed by atoms with van der Waals surface area (Å²) in [5, 5.41) is 11.3. The second-order valence-corrected chi connectivity index (χ2v) is 5.67. The van der Waals surface area contributed by atoms with Crippen LogP contribution in [0.15, 0.2) is 40.9 Å². The molecule has 0 amide bonds. The summed E-state index contributed by atoms with van der Waals surface area (Å²) in [6.07, 6.45) is 0. The minimum Gasteiger partial charge on any atom is -0.457 e. The van der Waals surface area contributed by atoms with E-state index >= 15 is 0 Å². The largest absolute Gasteiger partial charge is 0.457 e. The minimum absolute atomic E-state index is 0.0850. The number of rotatable bonds is 4. The van der Waals surface area contributed by atoms with E-state index in [0.29, 0.717) is 16.6 Å². The molecule has 0 bridgehead atoms. The van der Waals surface area contributed by atoms with Gasteiger partial charge in [-0.3, -0.25) is 10.1 Å². The number of ether oxygens (including phenoxy) is 1. The zero-order valence-corrected chi connectivity index (χ0v) is 13.8. The van der Waals surface area contributed by atoms with Crippen molar-refractivity contribution in [1.29, 1.82) is 0 Å². The van der Waals surface area contributed by atoms with Gasteiger partial charge in [-0.15, -0.1) is 0 Å². The monoisotopic (exact) mass is 399 g/mol. The second kappa shape index (κ2) is 6.37. The molecule has 0 spiro atoms. The first-order valence-electron chi connectivity index (χ1n) is 5.78. The van der Waals surface area contributed by atoms with E-state index in [-0.39, 0.29) is 5.69 Å². The van der Waals surface area contributed by atoms with Crippen LogP contribution in [0.2, 0.25) is 0 Å². The average Bonchev–Trinajstić information content (AvgIpc) is 2.41. The first-order valence-corrected chi connectivity index (χ1v) is 7.70. The van der Waals surface area contributed by atoms with Crippen molar-refractivity contribution in [3.63, 3.8) is 0 Å². The molecule has 0 radical (unpaired) electrons. The number of benzene rings is 2. The van der Waals surface area contributed by atoms with Crippen molar-refractivity contribution >= 4 is 37.5 Å². The fraction of sp³-hybridized carbons (Fsp3) is 0.143. The zero-order valence-electron chi connectivity index (χ0n) is 10.6. The predicted molar refractivity (Wildman–Crippen MR) is 84.7 cm³/mol. The van der Waals surface area contributed by atoms with E-state index in [4.69, 9.17) is 4.74 Å². The van der Waals surface area contributed by atoms with Crippen molar-refractivity contribution < 1.29 is 9.66 Å². The van der Waals surface area contributed by atoms with E-state index in [1.807, 2.05) is 25.1 Å². The highest BCUT2D eigenvalue weighted by atomic mass is 79.9. The fourth-order valence-corrected chi connectivity index (χ4v) is 2.69. The molecule has 0 heterocycles. The maximum Gasteiger partial charge on any atom is 0.273 e. The molecule has 20 heavy (non-hydrogen) atoms. The van der Waals surface area contributed by atoms with Crippen LogP contribution < -0.4 is 4.74 Å². The Kier molecular flexibility index (Phi) is 4.77. The summed E-state index contributed by atoms with van der Waals surface area (Å²) < 4.78 is 6.76. The normalized spacial score (nSPS) is 10.3. The van der Waals surface area contributed by atoms with Gasteiger partial charge in [-0.05, 0) is 42.8 Å². The van der Waals surface area contributed by atoms with Gasteiger partial charge in [0, 0.05) is 21.4 Å². The molecule has 0 fully saturated rings. The molecule has 0 aliphatic rings. The zero-order chi connectivity index (χ0) is 14.7. The smallest absolute Gasteiger partial charge is 0.273 e. The van der Waals surface area contributed by atoms with E-state index < -0.39 is 4.92 Å². The van der Waals surface area contributed by atoms with E-state index in [2.05, 4.69) is 31.9 Å². The molecule has 0 saturated carbocycles. The van der Waals surface area contributed by atoms with Crippen LogP contribution in [-0.2, 0) is 5.33 Å². The molecule has 0 aromatic heterocycles. The van der Waals surface area contributed by atoms with Crippen LogP contribution in [0.4, 0.5) is 5.69 Å². The molecule has 2 rings (SSSR count). The Morgan fingerprint density at radius 2 is 2.00 bits per heavy atom. The Morgan fingerprint density at radius 3 is 2.60 bits per heavy atom. The molecule has 2 aromatic carbocycles. The summed E-state index contributed by atoms with van der Waals surface area (Å²) >= 11 is 6.65. The summed E-state index contributed by atoms with van der Waals surface area (Å²) in [4.78, 5) is 10.5. The van der Waals surface area contributed by atoms with Gasteiger partial charge in [0.1, 0.15) is 11.5 Å². The molecule has 0 saturated heterocycles. The molecular weight excluding hydrogens is 390 g/mol. The first-order chi connectivity index (χ1) is 9.51. The molecular formula is C14H11Br2NO3. The molecule has 0 aliphatic carbocycles. The molecule has 0 aliphatic heterocycles. The van der Waals surface area contributed by atoms with Crippen LogP contribution in [-0.4, -0.2) is 4.92 Å². The lowest BCUT2D eigenvalue weighted by Gasteiger charge is -2.10. The Hall–Kier alpha value is -1.40. The lowest BCUT2D eigenvalue weighted by Crippen LogP contribution is -1.95. The Labute approximate surface area is 133 Å². The van der Waals surface area contributed by atoms with Crippen molar-refractivity contribution in [1.82, 2.24) is 0 Å². The van der Waals surface area contributed by atoms with Crippen LogP contribution in [0.3, 0.4) is 0 Å². The third-order valence-corrected chi connectivity index (χ3v) is 3.85. The summed E-state index contributed by atoms with van der Waals surface area (Å²) in [5.74, 6) is 1.30. The second-order valence-electron chi connectivity index (χ2n) is 4.19. The topological polar surface area (TPSA) is 52.4 Å². The highest BCUT2D eigenvalue weighted by molar-refractivity contribution is 9.10. The summed E-state index contributed by atoms with van der Waals surface area (Å²) in [6, 6.07) is 10.4. The molecule has 0 atom stereocenters. The standard InChI is InChI=1S/C14H11Br2NO3/c1-9-6-11(16)2-5-14(9)20-12-3-4-13(17(18)19)10(7-12)8-15/h2-7H,8H2,1H3. The van der Waals surface area contributed by atoms with Crippen LogP contribution in [0.1, 0.15) is 11.1 Å². The van der Waals surface area contributed by atoms with Crippen molar-refractivity contribution in [2.45, 2.75) is 12.3 Å². The van der Waals surface area contributed by atoms with Crippen LogP contribution >= 0.6 is 31.9 Å². The van der Waals surface area contributed by atoms with Gasteiger partial charge in [-0.2, -0.15) is 0 Å². The minimum atomic E-state index is -0.398. The highest BCUT2D eigenvalue weighted by Gasteiger charge is 2.14. The lowest BCUT2D eigenvalue weighted by atomic mass is 10.2. The number of hydrogen-bond acceptors (Lipinski definition) is 3. The summed E-state index contributed by atoms with van der Waals surface area (Å²) in [7, 11) is 0. The average molecular weight is 401 g/mol. The number of halogens is 2. The van der Waals surface area contributed by atoms with Gasteiger partial charge in [0.05, 0.1) is 4.92 Å². The third kappa shape index (κ3) is 3.37. The van der Waals surface area contributed by atoms with Gasteiger partial charge in [0.15, 0.2) is 0 Å². The van der Waals surface area contributed by atoms with E-state index in [1.54, 1.807) is 12.1 Å². The fourth-order valence-electron chi connectivity index (χ4n) is 1.76. The first kappa shape index (κ1) is 15.0. The molecule has 0 unspecified atom stereocenters. The van der Waals surface area contributed by atoms with E-state index in [0.717, 1.165) is 15.8 Å². The van der Waals surface area contributed by atoms with E-state index in [9.17, 15) is 10.1 Å². The van der Waals surface area contributed by atoms with Crippen molar-refractivity contribution in [2.24, 2.45) is 0 Å².